The molecular formula is C21H22N2O7S. The van der Waals surface area contributed by atoms with E-state index in [1.807, 2.05) is 0 Å². The van der Waals surface area contributed by atoms with Gasteiger partial charge in [0.15, 0.2) is 12.4 Å². The summed E-state index contributed by atoms with van der Waals surface area (Å²) in [5.74, 6) is -1.47. The van der Waals surface area contributed by atoms with Crippen molar-refractivity contribution >= 4 is 33.4 Å². The fraction of sp³-hybridized carbons (Fsp3) is 0.286. The molecule has 2 aromatic rings. The second kappa shape index (κ2) is 9.82. The molecule has 31 heavy (non-hydrogen) atoms. The molecule has 164 valence electrons. The summed E-state index contributed by atoms with van der Waals surface area (Å²) in [5, 5.41) is 2.55. The number of benzene rings is 2. The molecule has 0 bridgehead atoms. The van der Waals surface area contributed by atoms with Gasteiger partial charge >= 0.3 is 5.97 Å². The van der Waals surface area contributed by atoms with Gasteiger partial charge in [0, 0.05) is 24.3 Å². The highest BCUT2D eigenvalue weighted by molar-refractivity contribution is 7.89. The number of Topliss-reactive ketones (excluding diaryl/α,β-unsaturated/α-hetero) is 1. The Hall–Kier alpha value is -3.08. The lowest BCUT2D eigenvalue weighted by molar-refractivity contribution is -0.119. The molecule has 0 saturated carbocycles. The molecule has 0 aromatic heterocycles. The number of anilines is 1. The van der Waals surface area contributed by atoms with E-state index in [2.05, 4.69) is 5.32 Å². The lowest BCUT2D eigenvalue weighted by Gasteiger charge is -2.26. The van der Waals surface area contributed by atoms with Gasteiger partial charge in [0.1, 0.15) is 0 Å². The molecule has 0 atom stereocenters. The van der Waals surface area contributed by atoms with Gasteiger partial charge in [0.25, 0.3) is 5.91 Å². The number of carbonyl (C=O) groups excluding carboxylic acids is 3. The van der Waals surface area contributed by atoms with Gasteiger partial charge in [-0.2, -0.15) is 4.31 Å². The van der Waals surface area contributed by atoms with Gasteiger partial charge in [0.2, 0.25) is 10.0 Å². The number of ether oxygens (including phenoxy) is 2. The quantitative estimate of drug-likeness (QED) is 0.508. The Morgan fingerprint density at radius 1 is 1.03 bits per heavy atom. The zero-order valence-electron chi connectivity index (χ0n) is 16.9. The number of carbonyl (C=O) groups is 3. The highest BCUT2D eigenvalue weighted by atomic mass is 32.2. The van der Waals surface area contributed by atoms with Crippen LogP contribution in [0.2, 0.25) is 0 Å². The smallest absolute Gasteiger partial charge is 0.338 e. The van der Waals surface area contributed by atoms with Crippen LogP contribution in [0.4, 0.5) is 5.69 Å². The molecule has 0 aliphatic carbocycles. The van der Waals surface area contributed by atoms with Crippen LogP contribution in [0.1, 0.15) is 27.6 Å². The van der Waals surface area contributed by atoms with Gasteiger partial charge < -0.3 is 14.8 Å². The van der Waals surface area contributed by atoms with Crippen LogP contribution >= 0.6 is 0 Å². The minimum absolute atomic E-state index is 0.0639. The van der Waals surface area contributed by atoms with Crippen molar-refractivity contribution in [1.82, 2.24) is 4.31 Å². The molecule has 0 unspecified atom stereocenters. The van der Waals surface area contributed by atoms with Crippen LogP contribution in [0, 0.1) is 0 Å². The summed E-state index contributed by atoms with van der Waals surface area (Å²) in [6.07, 6.45) is 0. The molecule has 10 heteroatoms. The van der Waals surface area contributed by atoms with E-state index in [-0.39, 0.29) is 29.3 Å². The highest BCUT2D eigenvalue weighted by Crippen LogP contribution is 2.18. The second-order valence-corrected chi connectivity index (χ2v) is 8.74. The van der Waals surface area contributed by atoms with Crippen LogP contribution in [0.15, 0.2) is 53.4 Å². The lowest BCUT2D eigenvalue weighted by atomic mass is 10.1. The number of ketones is 1. The number of morpholine rings is 1. The minimum atomic E-state index is -3.66. The summed E-state index contributed by atoms with van der Waals surface area (Å²) in [5.41, 5.74) is 0.973. The molecule has 3 rings (SSSR count). The molecule has 1 amide bonds. The zero-order chi connectivity index (χ0) is 22.4. The first-order valence-electron chi connectivity index (χ1n) is 9.53. The van der Waals surface area contributed by atoms with Crippen LogP contribution in [-0.4, -0.2) is 63.3 Å². The number of esters is 1. The van der Waals surface area contributed by atoms with Crippen LogP contribution < -0.4 is 5.32 Å². The fourth-order valence-corrected chi connectivity index (χ4v) is 4.33. The fourth-order valence-electron chi connectivity index (χ4n) is 2.93. The number of nitrogens with zero attached hydrogens (tertiary/aromatic N) is 1. The molecule has 1 heterocycles. The van der Waals surface area contributed by atoms with E-state index >= 15 is 0 Å². The van der Waals surface area contributed by atoms with Crippen molar-refractivity contribution in [2.75, 3.05) is 38.2 Å². The Kier molecular flexibility index (Phi) is 7.16. The Bertz CT molecular complexity index is 1080. The van der Waals surface area contributed by atoms with Crippen LogP contribution in [0.25, 0.3) is 0 Å². The first-order valence-corrected chi connectivity index (χ1v) is 11.0. The first kappa shape index (κ1) is 22.6. The van der Waals surface area contributed by atoms with Crippen molar-refractivity contribution in [1.29, 1.82) is 0 Å². The molecular weight excluding hydrogens is 424 g/mol. The molecule has 2 aromatic carbocycles. The van der Waals surface area contributed by atoms with Crippen molar-refractivity contribution in [2.24, 2.45) is 0 Å². The van der Waals surface area contributed by atoms with E-state index < -0.39 is 28.5 Å². The first-order chi connectivity index (χ1) is 14.8. The van der Waals surface area contributed by atoms with E-state index in [4.69, 9.17) is 9.47 Å². The van der Waals surface area contributed by atoms with E-state index in [1.54, 1.807) is 18.2 Å². The molecule has 1 saturated heterocycles. The average molecular weight is 446 g/mol. The minimum Gasteiger partial charge on any atom is -0.452 e. The summed E-state index contributed by atoms with van der Waals surface area (Å²) < 4.78 is 36.7. The molecule has 1 aliphatic heterocycles. The standard InChI is InChI=1S/C21H22N2O7S/c1-15(24)17-3-2-4-18(13-17)22-20(25)14-30-21(26)16-5-7-19(8-6-16)31(27,28)23-9-11-29-12-10-23/h2-8,13H,9-12,14H2,1H3,(H,22,25). The predicted octanol–water partition coefficient (Wildman–Crippen LogP) is 1.71. The molecule has 0 radical (unpaired) electrons. The third-order valence-corrected chi connectivity index (χ3v) is 6.50. The Morgan fingerprint density at radius 3 is 2.35 bits per heavy atom. The molecule has 9 nitrogen and oxygen atoms in total. The topological polar surface area (TPSA) is 119 Å². The van der Waals surface area contributed by atoms with Crippen LogP contribution in [0.3, 0.4) is 0 Å². The maximum absolute atomic E-state index is 12.6. The van der Waals surface area contributed by atoms with Gasteiger partial charge in [0.05, 0.1) is 23.7 Å². The van der Waals surface area contributed by atoms with Gasteiger partial charge in [-0.05, 0) is 43.3 Å². The van der Waals surface area contributed by atoms with Crippen molar-refractivity contribution in [2.45, 2.75) is 11.8 Å². The Balaban J connectivity index is 1.56. The molecule has 1 aliphatic rings. The maximum atomic E-state index is 12.6. The number of sulfonamides is 1. The third-order valence-electron chi connectivity index (χ3n) is 4.59. The second-order valence-electron chi connectivity index (χ2n) is 6.80. The van der Waals surface area contributed by atoms with Crippen molar-refractivity contribution in [3.05, 3.63) is 59.7 Å². The van der Waals surface area contributed by atoms with Crippen molar-refractivity contribution < 1.29 is 32.3 Å². The van der Waals surface area contributed by atoms with Gasteiger partial charge in [-0.15, -0.1) is 0 Å². The van der Waals surface area contributed by atoms with Crippen molar-refractivity contribution in [3.8, 4) is 0 Å². The van der Waals surface area contributed by atoms with E-state index in [0.717, 1.165) is 0 Å². The highest BCUT2D eigenvalue weighted by Gasteiger charge is 2.26. The number of hydrogen-bond acceptors (Lipinski definition) is 7. The SMILES string of the molecule is CC(=O)c1cccc(NC(=O)COC(=O)c2ccc(S(=O)(=O)N3CCOCC3)cc2)c1. The monoisotopic (exact) mass is 446 g/mol. The largest absolute Gasteiger partial charge is 0.452 e. The van der Waals surface area contributed by atoms with E-state index in [9.17, 15) is 22.8 Å². The average Bonchev–Trinajstić information content (AvgIpc) is 2.78. The molecule has 1 fully saturated rings. The third kappa shape index (κ3) is 5.75. The van der Waals surface area contributed by atoms with E-state index in [0.29, 0.717) is 24.5 Å². The lowest BCUT2D eigenvalue weighted by Crippen LogP contribution is -2.40. The number of nitrogens with one attached hydrogen (secondary N) is 1. The Labute approximate surface area is 180 Å². The summed E-state index contributed by atoms with van der Waals surface area (Å²) in [7, 11) is -3.66. The van der Waals surface area contributed by atoms with Gasteiger partial charge in [-0.25, -0.2) is 13.2 Å². The van der Waals surface area contributed by atoms with E-state index in [1.165, 1.54) is 41.6 Å². The van der Waals surface area contributed by atoms with Gasteiger partial charge in [-0.3, -0.25) is 9.59 Å². The normalized spacial score (nSPS) is 14.6. The summed E-state index contributed by atoms with van der Waals surface area (Å²) >= 11 is 0. The zero-order valence-corrected chi connectivity index (χ0v) is 17.7. The number of amides is 1. The number of rotatable bonds is 7. The number of hydrogen-bond donors (Lipinski definition) is 1. The molecule has 0 spiro atoms. The summed E-state index contributed by atoms with van der Waals surface area (Å²) in [4.78, 5) is 35.7. The summed E-state index contributed by atoms with van der Waals surface area (Å²) in [6, 6.07) is 11.7. The van der Waals surface area contributed by atoms with Crippen molar-refractivity contribution in [3.63, 3.8) is 0 Å². The Morgan fingerprint density at radius 2 is 1.71 bits per heavy atom. The van der Waals surface area contributed by atoms with Gasteiger partial charge in [-0.1, -0.05) is 12.1 Å². The predicted molar refractivity (Wildman–Crippen MR) is 111 cm³/mol. The molecule has 1 N–H and O–H groups in total. The van der Waals surface area contributed by atoms with Crippen LogP contribution in [-0.2, 0) is 24.3 Å². The summed E-state index contributed by atoms with van der Waals surface area (Å²) in [6.45, 7) is 2.11. The maximum Gasteiger partial charge on any atom is 0.338 e. The van der Waals surface area contributed by atoms with Crippen LogP contribution in [0.5, 0.6) is 0 Å².